The van der Waals surface area contributed by atoms with Crippen LogP contribution in [0.15, 0.2) is 48.5 Å². The Morgan fingerprint density at radius 3 is 2.27 bits per heavy atom. The molecule has 0 aliphatic heterocycles. The number of halogens is 4. The molecule has 2 aromatic rings. The summed E-state index contributed by atoms with van der Waals surface area (Å²) in [5.41, 5.74) is 1.38. The fourth-order valence-corrected chi connectivity index (χ4v) is 2.90. The van der Waals surface area contributed by atoms with Crippen LogP contribution in [0.4, 0.5) is 5.69 Å². The van der Waals surface area contributed by atoms with Gasteiger partial charge >= 0.3 is 5.97 Å². The average Bonchev–Trinajstić information content (AvgIpc) is 2.60. The molecule has 0 aromatic heterocycles. The Hall–Kier alpha value is -1.22. The summed E-state index contributed by atoms with van der Waals surface area (Å²) in [6.07, 6.45) is -0.998. The van der Waals surface area contributed by atoms with Crippen molar-refractivity contribution >= 4 is 75.0 Å². The van der Waals surface area contributed by atoms with E-state index in [9.17, 15) is 9.59 Å². The van der Waals surface area contributed by atoms with Crippen LogP contribution in [0.5, 0.6) is 0 Å². The van der Waals surface area contributed by atoms with Gasteiger partial charge in [-0.1, -0.05) is 40.9 Å². The van der Waals surface area contributed by atoms with Crippen LogP contribution in [0.3, 0.4) is 0 Å². The highest BCUT2D eigenvalue weighted by molar-refractivity contribution is 14.1. The van der Waals surface area contributed by atoms with Crippen molar-refractivity contribution in [1.29, 1.82) is 0 Å². The molecule has 0 saturated heterocycles. The van der Waals surface area contributed by atoms with Crippen LogP contribution >= 0.6 is 57.4 Å². The third-order valence-corrected chi connectivity index (χ3v) is 4.63. The second-order valence-electron chi connectivity index (χ2n) is 5.17. The number of ether oxygens (including phenoxy) is 1. The van der Waals surface area contributed by atoms with Crippen LogP contribution in [0, 0.1) is 3.57 Å². The predicted octanol–water partition coefficient (Wildman–Crippen LogP) is 4.62. The molecule has 2 N–H and O–H groups in total. The van der Waals surface area contributed by atoms with Gasteiger partial charge in [-0.05, 0) is 65.1 Å². The Bertz CT molecular complexity index is 795. The van der Waals surface area contributed by atoms with Crippen LogP contribution in [-0.4, -0.2) is 28.9 Å². The first kappa shape index (κ1) is 21.1. The molecule has 5 nitrogen and oxygen atoms in total. The third-order valence-electron chi connectivity index (χ3n) is 3.31. The van der Waals surface area contributed by atoms with Crippen molar-refractivity contribution < 1.29 is 14.3 Å². The first-order valence-electron chi connectivity index (χ1n) is 7.29. The van der Waals surface area contributed by atoms with Gasteiger partial charge in [0.05, 0.1) is 12.7 Å². The number of methoxy groups -OCH3 is 1. The maximum Gasteiger partial charge on any atom is 0.337 e. The minimum Gasteiger partial charge on any atom is -0.465 e. The van der Waals surface area contributed by atoms with Gasteiger partial charge in [-0.25, -0.2) is 4.79 Å². The van der Waals surface area contributed by atoms with E-state index in [1.165, 1.54) is 7.11 Å². The summed E-state index contributed by atoms with van der Waals surface area (Å²) in [6.45, 7) is 0. The lowest BCUT2D eigenvalue weighted by molar-refractivity contribution is 0.0600. The van der Waals surface area contributed by atoms with Gasteiger partial charge in [0.2, 0.25) is 3.79 Å². The molecule has 0 bridgehead atoms. The van der Waals surface area contributed by atoms with Crippen molar-refractivity contribution in [2.24, 2.45) is 0 Å². The molecule has 2 aromatic carbocycles. The maximum absolute atomic E-state index is 12.4. The van der Waals surface area contributed by atoms with Crippen LogP contribution in [0.2, 0.25) is 0 Å². The standard InChI is InChI=1S/C17H14Cl3IN2O3/c1-26-15(25)10-5-7-13(8-6-10)22-16(17(18,19)20)23-14(24)11-3-2-4-12(21)9-11/h2-9,16,22H,1H3,(H,23,24)/t16-/m1/s1. The molecule has 1 atom stereocenters. The molecule has 0 unspecified atom stereocenters. The van der Waals surface area contributed by atoms with Crippen LogP contribution in [-0.2, 0) is 4.74 Å². The Kier molecular flexibility index (Phi) is 7.40. The summed E-state index contributed by atoms with van der Waals surface area (Å²) in [5.74, 6) is -0.847. The smallest absolute Gasteiger partial charge is 0.337 e. The molecule has 26 heavy (non-hydrogen) atoms. The Morgan fingerprint density at radius 2 is 1.73 bits per heavy atom. The van der Waals surface area contributed by atoms with Gasteiger partial charge in [0.15, 0.2) is 0 Å². The molecule has 0 spiro atoms. The number of hydrogen-bond donors (Lipinski definition) is 2. The molecule has 138 valence electrons. The van der Waals surface area contributed by atoms with Gasteiger partial charge in [0.25, 0.3) is 5.91 Å². The Morgan fingerprint density at radius 1 is 1.08 bits per heavy atom. The normalized spacial score (nSPS) is 12.2. The number of anilines is 1. The second-order valence-corrected chi connectivity index (χ2v) is 8.79. The highest BCUT2D eigenvalue weighted by atomic mass is 127. The fraction of sp³-hybridized carbons (Fsp3) is 0.176. The van der Waals surface area contributed by atoms with Crippen molar-refractivity contribution in [3.63, 3.8) is 0 Å². The second kappa shape index (κ2) is 9.12. The zero-order chi connectivity index (χ0) is 19.3. The molecule has 0 aliphatic carbocycles. The molecule has 2 rings (SSSR count). The highest BCUT2D eigenvalue weighted by Crippen LogP contribution is 2.31. The molecule has 0 radical (unpaired) electrons. The van der Waals surface area contributed by atoms with E-state index >= 15 is 0 Å². The van der Waals surface area contributed by atoms with E-state index in [0.717, 1.165) is 3.57 Å². The lowest BCUT2D eigenvalue weighted by Crippen LogP contribution is -2.49. The summed E-state index contributed by atoms with van der Waals surface area (Å²) < 4.78 is 3.74. The maximum atomic E-state index is 12.4. The summed E-state index contributed by atoms with van der Waals surface area (Å²) in [7, 11) is 1.30. The molecular weight excluding hydrogens is 513 g/mol. The van der Waals surface area contributed by atoms with Crippen molar-refractivity contribution in [2.75, 3.05) is 12.4 Å². The van der Waals surface area contributed by atoms with Crippen molar-refractivity contribution in [2.45, 2.75) is 9.96 Å². The third kappa shape index (κ3) is 5.90. The average molecular weight is 528 g/mol. The summed E-state index contributed by atoms with van der Waals surface area (Å²) in [5, 5.41) is 5.59. The topological polar surface area (TPSA) is 67.4 Å². The van der Waals surface area contributed by atoms with E-state index in [0.29, 0.717) is 16.8 Å². The minimum atomic E-state index is -1.81. The van der Waals surface area contributed by atoms with Gasteiger partial charge in [0, 0.05) is 14.8 Å². The first-order chi connectivity index (χ1) is 12.2. The summed E-state index contributed by atoms with van der Waals surface area (Å²) >= 11 is 20.1. The molecular formula is C17H14Cl3IN2O3. The van der Waals surface area contributed by atoms with E-state index in [4.69, 9.17) is 34.8 Å². The lowest BCUT2D eigenvalue weighted by atomic mass is 10.2. The van der Waals surface area contributed by atoms with E-state index in [2.05, 4.69) is 38.0 Å². The number of nitrogens with one attached hydrogen (secondary N) is 2. The monoisotopic (exact) mass is 526 g/mol. The predicted molar refractivity (Wildman–Crippen MR) is 112 cm³/mol. The number of hydrogen-bond acceptors (Lipinski definition) is 4. The molecule has 0 saturated carbocycles. The minimum absolute atomic E-state index is 0.381. The number of alkyl halides is 3. The fourth-order valence-electron chi connectivity index (χ4n) is 2.03. The number of carbonyl (C=O) groups is 2. The van der Waals surface area contributed by atoms with Gasteiger partial charge in [-0.2, -0.15) is 0 Å². The molecule has 0 fully saturated rings. The number of rotatable bonds is 5. The van der Waals surface area contributed by atoms with Crippen molar-refractivity contribution in [3.8, 4) is 0 Å². The molecule has 0 aliphatic rings. The molecule has 0 heterocycles. The van der Waals surface area contributed by atoms with E-state index in [1.807, 2.05) is 6.07 Å². The SMILES string of the molecule is COC(=O)c1ccc(N[C@H](NC(=O)c2cccc(I)c2)C(Cl)(Cl)Cl)cc1. The molecule has 9 heteroatoms. The first-order valence-corrected chi connectivity index (χ1v) is 9.50. The highest BCUT2D eigenvalue weighted by Gasteiger charge is 2.34. The van der Waals surface area contributed by atoms with Gasteiger partial charge in [-0.15, -0.1) is 0 Å². The Balaban J connectivity index is 2.15. The number of benzene rings is 2. The van der Waals surface area contributed by atoms with Crippen LogP contribution in [0.25, 0.3) is 0 Å². The number of carbonyl (C=O) groups excluding carboxylic acids is 2. The van der Waals surface area contributed by atoms with Gasteiger partial charge < -0.3 is 15.4 Å². The zero-order valence-corrected chi connectivity index (χ0v) is 17.9. The van der Waals surface area contributed by atoms with Crippen LogP contribution < -0.4 is 10.6 Å². The zero-order valence-electron chi connectivity index (χ0n) is 13.4. The quantitative estimate of drug-likeness (QED) is 0.258. The Labute approximate surface area is 179 Å². The number of esters is 1. The number of amides is 1. The largest absolute Gasteiger partial charge is 0.465 e. The summed E-state index contributed by atoms with van der Waals surface area (Å²) in [6, 6.07) is 13.4. The molecule has 1 amide bonds. The van der Waals surface area contributed by atoms with Gasteiger partial charge in [-0.3, -0.25) is 4.79 Å². The van der Waals surface area contributed by atoms with E-state index in [1.54, 1.807) is 42.5 Å². The summed E-state index contributed by atoms with van der Waals surface area (Å²) in [4.78, 5) is 23.9. The van der Waals surface area contributed by atoms with Gasteiger partial charge in [0.1, 0.15) is 6.17 Å². The van der Waals surface area contributed by atoms with Crippen molar-refractivity contribution in [3.05, 3.63) is 63.2 Å². The van der Waals surface area contributed by atoms with Crippen LogP contribution in [0.1, 0.15) is 20.7 Å². The van der Waals surface area contributed by atoms with E-state index < -0.39 is 21.8 Å². The van der Waals surface area contributed by atoms with E-state index in [-0.39, 0.29) is 0 Å². The van der Waals surface area contributed by atoms with Crippen molar-refractivity contribution in [1.82, 2.24) is 5.32 Å². The lowest BCUT2D eigenvalue weighted by Gasteiger charge is -2.27.